The summed E-state index contributed by atoms with van der Waals surface area (Å²) in [6.45, 7) is 3.55. The van der Waals surface area contributed by atoms with E-state index in [0.29, 0.717) is 5.56 Å². The van der Waals surface area contributed by atoms with Crippen LogP contribution >= 0.6 is 15.9 Å². The number of benzene rings is 1. The molecule has 3 rings (SSSR count). The minimum Gasteiger partial charge on any atom is -0.318 e. The second-order valence-electron chi connectivity index (χ2n) is 5.48. The summed E-state index contributed by atoms with van der Waals surface area (Å²) in [6, 6.07) is 8.86. The lowest BCUT2D eigenvalue weighted by molar-refractivity contribution is -0.118. The van der Waals surface area contributed by atoms with E-state index < -0.39 is 17.8 Å². The molecule has 1 aromatic carbocycles. The number of carbonyl (C=O) groups excluding carboxylic acids is 3. The first kappa shape index (κ1) is 16.3. The second-order valence-corrected chi connectivity index (χ2v) is 6.40. The van der Waals surface area contributed by atoms with Crippen molar-refractivity contribution >= 4 is 33.8 Å². The third kappa shape index (κ3) is 2.92. The van der Waals surface area contributed by atoms with Crippen molar-refractivity contribution in [1.82, 2.24) is 20.3 Å². The summed E-state index contributed by atoms with van der Waals surface area (Å²) >= 11 is 3.44. The number of urea groups is 1. The van der Waals surface area contributed by atoms with Gasteiger partial charge in [-0.3, -0.25) is 20.3 Å². The molecule has 0 saturated carbocycles. The Balaban J connectivity index is 1.90. The predicted octanol–water partition coefficient (Wildman–Crippen LogP) is 2.05. The highest BCUT2D eigenvalue weighted by Crippen LogP contribution is 2.23. The molecule has 1 aromatic heterocycles. The van der Waals surface area contributed by atoms with Gasteiger partial charge in [0.2, 0.25) is 5.91 Å². The molecule has 7 nitrogen and oxygen atoms in total. The summed E-state index contributed by atoms with van der Waals surface area (Å²) in [5, 5.41) is 3.08. The van der Waals surface area contributed by atoms with Crippen molar-refractivity contribution in [3.05, 3.63) is 51.8 Å². The smallest absolute Gasteiger partial charge is 0.318 e. The Morgan fingerprint density at radius 2 is 2.00 bits per heavy atom. The molecule has 1 saturated heterocycles. The van der Waals surface area contributed by atoms with Gasteiger partial charge in [0.05, 0.1) is 5.56 Å². The van der Waals surface area contributed by atoms with E-state index in [2.05, 4.69) is 26.7 Å². The molecule has 0 bridgehead atoms. The van der Waals surface area contributed by atoms with Gasteiger partial charge in [0.25, 0.3) is 5.91 Å². The van der Waals surface area contributed by atoms with Gasteiger partial charge in [-0.25, -0.2) is 9.80 Å². The molecule has 0 spiro atoms. The zero-order valence-corrected chi connectivity index (χ0v) is 14.7. The van der Waals surface area contributed by atoms with Gasteiger partial charge in [-0.15, -0.1) is 0 Å². The van der Waals surface area contributed by atoms with Gasteiger partial charge < -0.3 is 4.57 Å². The Kier molecular flexibility index (Phi) is 4.15. The van der Waals surface area contributed by atoms with E-state index in [1.54, 1.807) is 6.07 Å². The molecular formula is C16H15BrN4O3. The summed E-state index contributed by atoms with van der Waals surface area (Å²) < 4.78 is 2.89. The van der Waals surface area contributed by atoms with E-state index in [1.807, 2.05) is 42.7 Å². The van der Waals surface area contributed by atoms with E-state index in [0.717, 1.165) is 26.6 Å². The van der Waals surface area contributed by atoms with E-state index in [-0.39, 0.29) is 6.54 Å². The Morgan fingerprint density at radius 3 is 2.62 bits per heavy atom. The molecule has 0 unspecified atom stereocenters. The predicted molar refractivity (Wildman–Crippen MR) is 90.7 cm³/mol. The molecular weight excluding hydrogens is 376 g/mol. The third-order valence-electron chi connectivity index (χ3n) is 3.77. The molecule has 2 N–H and O–H groups in total. The highest BCUT2D eigenvalue weighted by atomic mass is 79.9. The van der Waals surface area contributed by atoms with Crippen molar-refractivity contribution in [3.63, 3.8) is 0 Å². The van der Waals surface area contributed by atoms with Crippen LogP contribution in [0.4, 0.5) is 4.79 Å². The third-order valence-corrected chi connectivity index (χ3v) is 4.27. The van der Waals surface area contributed by atoms with Gasteiger partial charge in [-0.2, -0.15) is 0 Å². The molecule has 0 atom stereocenters. The number of nitrogens with one attached hydrogen (secondary N) is 2. The average Bonchev–Trinajstić information content (AvgIpc) is 2.98. The van der Waals surface area contributed by atoms with Crippen LogP contribution in [0, 0.1) is 13.8 Å². The summed E-state index contributed by atoms with van der Waals surface area (Å²) in [6.07, 6.45) is 0. The molecule has 4 amide bonds. The van der Waals surface area contributed by atoms with Gasteiger partial charge in [0.1, 0.15) is 6.54 Å². The van der Waals surface area contributed by atoms with Crippen molar-refractivity contribution in [2.45, 2.75) is 13.8 Å². The van der Waals surface area contributed by atoms with E-state index in [1.165, 1.54) is 0 Å². The van der Waals surface area contributed by atoms with Crippen molar-refractivity contribution < 1.29 is 14.4 Å². The van der Waals surface area contributed by atoms with Crippen LogP contribution in [0.25, 0.3) is 5.69 Å². The number of halogens is 1. The summed E-state index contributed by atoms with van der Waals surface area (Å²) in [7, 11) is 0. The fourth-order valence-corrected chi connectivity index (χ4v) is 3.11. The van der Waals surface area contributed by atoms with Crippen LogP contribution in [-0.2, 0) is 4.79 Å². The van der Waals surface area contributed by atoms with Crippen molar-refractivity contribution in [1.29, 1.82) is 0 Å². The molecule has 124 valence electrons. The van der Waals surface area contributed by atoms with E-state index >= 15 is 0 Å². The lowest BCUT2D eigenvalue weighted by Gasteiger charge is -2.15. The van der Waals surface area contributed by atoms with Gasteiger partial charge in [0.15, 0.2) is 0 Å². The standard InChI is InChI=1S/C16H15BrN4O3/c1-9-6-13(15(23)19-20-8-14(22)18-16(20)24)10(2)21(9)12-5-3-4-11(17)7-12/h3-7H,8H2,1-2H3,(H,19,23)(H,18,22,24). The number of aryl methyl sites for hydroxylation is 1. The Hall–Kier alpha value is -2.61. The quantitative estimate of drug-likeness (QED) is 0.786. The molecule has 2 aromatic rings. The van der Waals surface area contributed by atoms with Crippen LogP contribution < -0.4 is 10.7 Å². The monoisotopic (exact) mass is 390 g/mol. The Labute approximate surface area is 146 Å². The summed E-state index contributed by atoms with van der Waals surface area (Å²) in [5.41, 5.74) is 5.46. The van der Waals surface area contributed by atoms with Gasteiger partial charge >= 0.3 is 6.03 Å². The molecule has 1 aliphatic rings. The Morgan fingerprint density at radius 1 is 1.25 bits per heavy atom. The first-order valence-electron chi connectivity index (χ1n) is 7.24. The van der Waals surface area contributed by atoms with Crippen LogP contribution in [0.15, 0.2) is 34.8 Å². The number of hydrazine groups is 1. The number of nitrogens with zero attached hydrogens (tertiary/aromatic N) is 2. The molecule has 1 fully saturated rings. The number of hydrogen-bond donors (Lipinski definition) is 2. The van der Waals surface area contributed by atoms with Crippen molar-refractivity contribution in [2.75, 3.05) is 6.54 Å². The highest BCUT2D eigenvalue weighted by Gasteiger charge is 2.29. The lowest BCUT2D eigenvalue weighted by Crippen LogP contribution is -2.44. The van der Waals surface area contributed by atoms with Crippen LogP contribution in [0.5, 0.6) is 0 Å². The fourth-order valence-electron chi connectivity index (χ4n) is 2.72. The van der Waals surface area contributed by atoms with Crippen LogP contribution in [0.1, 0.15) is 21.7 Å². The molecule has 8 heteroatoms. The van der Waals surface area contributed by atoms with Gasteiger partial charge in [-0.1, -0.05) is 22.0 Å². The minimum atomic E-state index is -0.630. The van der Waals surface area contributed by atoms with E-state index in [4.69, 9.17) is 0 Å². The van der Waals surface area contributed by atoms with Crippen LogP contribution in [0.3, 0.4) is 0 Å². The van der Waals surface area contributed by atoms with Crippen LogP contribution in [0.2, 0.25) is 0 Å². The molecule has 24 heavy (non-hydrogen) atoms. The maximum atomic E-state index is 12.5. The average molecular weight is 391 g/mol. The Bertz CT molecular complexity index is 859. The first-order chi connectivity index (χ1) is 11.4. The molecule has 0 aliphatic carbocycles. The highest BCUT2D eigenvalue weighted by molar-refractivity contribution is 9.10. The molecule has 2 heterocycles. The number of imide groups is 1. The van der Waals surface area contributed by atoms with E-state index in [9.17, 15) is 14.4 Å². The largest absolute Gasteiger partial charge is 0.343 e. The second kappa shape index (κ2) is 6.12. The number of hydrogen-bond acceptors (Lipinski definition) is 3. The first-order valence-corrected chi connectivity index (χ1v) is 8.03. The van der Waals surface area contributed by atoms with Crippen molar-refractivity contribution in [3.8, 4) is 5.69 Å². The summed E-state index contributed by atoms with van der Waals surface area (Å²) in [5.74, 6) is -0.880. The maximum absolute atomic E-state index is 12.5. The number of amides is 4. The number of rotatable bonds is 3. The number of carbonyl (C=O) groups is 3. The topological polar surface area (TPSA) is 83.4 Å². The fraction of sp³-hybridized carbons (Fsp3) is 0.188. The lowest BCUT2D eigenvalue weighted by atomic mass is 10.2. The molecule has 1 aliphatic heterocycles. The number of aromatic nitrogens is 1. The van der Waals surface area contributed by atoms with Crippen molar-refractivity contribution in [2.24, 2.45) is 0 Å². The normalized spacial score (nSPS) is 14.0. The van der Waals surface area contributed by atoms with Gasteiger partial charge in [0, 0.05) is 21.5 Å². The summed E-state index contributed by atoms with van der Waals surface area (Å²) in [4.78, 5) is 35.2. The maximum Gasteiger partial charge on any atom is 0.343 e. The van der Waals surface area contributed by atoms with Gasteiger partial charge in [-0.05, 0) is 38.1 Å². The molecule has 0 radical (unpaired) electrons. The zero-order chi connectivity index (χ0) is 17.4. The SMILES string of the molecule is Cc1cc(C(=O)NN2CC(=O)NC2=O)c(C)n1-c1cccc(Br)c1. The minimum absolute atomic E-state index is 0.186. The zero-order valence-electron chi connectivity index (χ0n) is 13.1. The van der Waals surface area contributed by atoms with Crippen LogP contribution in [-0.4, -0.2) is 34.0 Å².